The van der Waals surface area contributed by atoms with E-state index in [9.17, 15) is 9.59 Å². The van der Waals surface area contributed by atoms with Gasteiger partial charge in [0.15, 0.2) is 0 Å². The number of thiophene rings is 1. The van der Waals surface area contributed by atoms with Crippen molar-refractivity contribution >= 4 is 17.2 Å². The Morgan fingerprint density at radius 1 is 1.30 bits per heavy atom. The van der Waals surface area contributed by atoms with Crippen molar-refractivity contribution < 1.29 is 4.79 Å². The van der Waals surface area contributed by atoms with Gasteiger partial charge in [-0.1, -0.05) is 0 Å². The highest BCUT2D eigenvalue weighted by Gasteiger charge is 2.13. The summed E-state index contributed by atoms with van der Waals surface area (Å²) >= 11 is 1.57. The molecule has 116 valence electrons. The lowest BCUT2D eigenvalue weighted by atomic mass is 10.2. The quantitative estimate of drug-likeness (QED) is 0.793. The summed E-state index contributed by atoms with van der Waals surface area (Å²) in [4.78, 5) is 32.8. The second-order valence-corrected chi connectivity index (χ2v) is 5.66. The number of hydrogen-bond acceptors (Lipinski definition) is 5. The number of carbonyl (C=O) groups excluding carboxylic acids is 1. The number of amides is 1. The molecule has 3 aromatic heterocycles. The minimum absolute atomic E-state index is 0.107. The predicted octanol–water partition coefficient (Wildman–Crippen LogP) is 1.83. The van der Waals surface area contributed by atoms with Crippen molar-refractivity contribution in [2.24, 2.45) is 7.05 Å². The Bertz CT molecular complexity index is 887. The van der Waals surface area contributed by atoms with E-state index in [1.165, 1.54) is 10.6 Å². The maximum Gasteiger partial charge on any atom is 0.263 e. The Hall–Kier alpha value is -2.80. The average Bonchev–Trinajstić information content (AvgIpc) is 3.10. The molecule has 0 aliphatic rings. The van der Waals surface area contributed by atoms with Gasteiger partial charge in [-0.15, -0.1) is 0 Å². The van der Waals surface area contributed by atoms with Crippen LogP contribution in [0, 0.1) is 0 Å². The van der Waals surface area contributed by atoms with Crippen LogP contribution in [0.15, 0.2) is 52.3 Å². The molecule has 0 unspecified atom stereocenters. The van der Waals surface area contributed by atoms with Gasteiger partial charge in [0.05, 0.1) is 17.9 Å². The van der Waals surface area contributed by atoms with Crippen molar-refractivity contribution in [2.75, 3.05) is 0 Å². The maximum absolute atomic E-state index is 12.2. The second-order valence-electron chi connectivity index (χ2n) is 4.88. The van der Waals surface area contributed by atoms with Gasteiger partial charge in [-0.2, -0.15) is 11.3 Å². The zero-order valence-electron chi connectivity index (χ0n) is 12.4. The van der Waals surface area contributed by atoms with Gasteiger partial charge in [0.1, 0.15) is 5.56 Å². The molecule has 6 nitrogen and oxygen atoms in total. The Kier molecular flexibility index (Phi) is 4.29. The smallest absolute Gasteiger partial charge is 0.263 e. The first-order chi connectivity index (χ1) is 11.2. The van der Waals surface area contributed by atoms with Crippen LogP contribution in [0.2, 0.25) is 0 Å². The topological polar surface area (TPSA) is 76.9 Å². The molecule has 3 aromatic rings. The molecule has 0 aromatic carbocycles. The van der Waals surface area contributed by atoms with Gasteiger partial charge in [-0.3, -0.25) is 19.6 Å². The van der Waals surface area contributed by atoms with Crippen LogP contribution in [-0.2, 0) is 13.6 Å². The summed E-state index contributed by atoms with van der Waals surface area (Å²) in [6, 6.07) is 5.12. The van der Waals surface area contributed by atoms with E-state index in [0.717, 1.165) is 11.3 Å². The number of hydrogen-bond donors (Lipinski definition) is 1. The van der Waals surface area contributed by atoms with Crippen molar-refractivity contribution in [3.05, 3.63) is 69.2 Å². The first kappa shape index (κ1) is 15.1. The van der Waals surface area contributed by atoms with Gasteiger partial charge < -0.3 is 9.88 Å². The molecule has 23 heavy (non-hydrogen) atoms. The highest BCUT2D eigenvalue weighted by molar-refractivity contribution is 7.08. The van der Waals surface area contributed by atoms with Crippen LogP contribution >= 0.6 is 11.3 Å². The number of rotatable bonds is 4. The molecule has 0 fully saturated rings. The summed E-state index contributed by atoms with van der Waals surface area (Å²) in [5, 5.41) is 6.67. The zero-order chi connectivity index (χ0) is 16.2. The third-order valence-electron chi connectivity index (χ3n) is 3.35. The third kappa shape index (κ3) is 3.19. The van der Waals surface area contributed by atoms with E-state index in [2.05, 4.69) is 15.3 Å². The highest BCUT2D eigenvalue weighted by Crippen LogP contribution is 2.22. The van der Waals surface area contributed by atoms with Crippen LogP contribution in [-0.4, -0.2) is 20.4 Å². The molecule has 0 saturated heterocycles. The van der Waals surface area contributed by atoms with Crippen molar-refractivity contribution in [1.29, 1.82) is 0 Å². The van der Waals surface area contributed by atoms with Gasteiger partial charge >= 0.3 is 0 Å². The lowest BCUT2D eigenvalue weighted by Gasteiger charge is -2.08. The fourth-order valence-electron chi connectivity index (χ4n) is 2.17. The molecule has 0 aliphatic heterocycles. The van der Waals surface area contributed by atoms with Gasteiger partial charge in [0, 0.05) is 36.6 Å². The molecule has 0 bridgehead atoms. The van der Waals surface area contributed by atoms with Crippen LogP contribution in [0.25, 0.3) is 11.3 Å². The van der Waals surface area contributed by atoms with Crippen LogP contribution in [0.1, 0.15) is 16.1 Å². The Morgan fingerprint density at radius 3 is 2.91 bits per heavy atom. The first-order valence-corrected chi connectivity index (χ1v) is 7.87. The number of aromatic nitrogens is 3. The van der Waals surface area contributed by atoms with Crippen LogP contribution < -0.4 is 10.9 Å². The fraction of sp³-hybridized carbons (Fsp3) is 0.125. The first-order valence-electron chi connectivity index (χ1n) is 6.93. The molecule has 1 amide bonds. The van der Waals surface area contributed by atoms with Crippen molar-refractivity contribution in [1.82, 2.24) is 19.9 Å². The largest absolute Gasteiger partial charge is 0.346 e. The van der Waals surface area contributed by atoms with E-state index in [-0.39, 0.29) is 17.7 Å². The number of aryl methyl sites for hydroxylation is 1. The van der Waals surface area contributed by atoms with Gasteiger partial charge in [-0.25, -0.2) is 0 Å². The molecule has 0 aliphatic carbocycles. The third-order valence-corrected chi connectivity index (χ3v) is 4.04. The van der Waals surface area contributed by atoms with E-state index >= 15 is 0 Å². The zero-order valence-corrected chi connectivity index (χ0v) is 13.2. The number of nitrogens with zero attached hydrogens (tertiary/aromatic N) is 3. The average molecular weight is 326 g/mol. The van der Waals surface area contributed by atoms with Crippen LogP contribution in [0.5, 0.6) is 0 Å². The predicted molar refractivity (Wildman–Crippen MR) is 88.2 cm³/mol. The number of nitrogens with one attached hydrogen (secondary N) is 1. The van der Waals surface area contributed by atoms with Crippen LogP contribution in [0.3, 0.4) is 0 Å². The lowest BCUT2D eigenvalue weighted by Crippen LogP contribution is -2.31. The fourth-order valence-corrected chi connectivity index (χ4v) is 2.81. The van der Waals surface area contributed by atoms with Crippen molar-refractivity contribution in [2.45, 2.75) is 6.54 Å². The number of carbonyl (C=O) groups is 1. The summed E-state index contributed by atoms with van der Waals surface area (Å²) in [6.07, 6.45) is 4.81. The Labute approximate surface area is 136 Å². The molecular weight excluding hydrogens is 312 g/mol. The van der Waals surface area contributed by atoms with Crippen LogP contribution in [0.4, 0.5) is 0 Å². The summed E-state index contributed by atoms with van der Waals surface area (Å²) in [7, 11) is 1.61. The minimum atomic E-state index is -0.423. The highest BCUT2D eigenvalue weighted by atomic mass is 32.1. The molecule has 0 radical (unpaired) electrons. The minimum Gasteiger partial charge on any atom is -0.346 e. The van der Waals surface area contributed by atoms with Crippen molar-refractivity contribution in [3.63, 3.8) is 0 Å². The summed E-state index contributed by atoms with van der Waals surface area (Å²) in [6.45, 7) is 0.204. The van der Waals surface area contributed by atoms with E-state index in [0.29, 0.717) is 5.69 Å². The molecule has 1 N–H and O–H groups in total. The Morgan fingerprint density at radius 2 is 2.13 bits per heavy atom. The summed E-state index contributed by atoms with van der Waals surface area (Å²) in [5.41, 5.74) is 2.13. The van der Waals surface area contributed by atoms with E-state index in [4.69, 9.17) is 0 Å². The normalized spacial score (nSPS) is 10.5. The second kappa shape index (κ2) is 6.53. The molecule has 0 spiro atoms. The SMILES string of the molecule is Cn1cccc(C(=O)NCc2nccnc2-c2ccsc2)c1=O. The molecular formula is C16H14N4O2S. The maximum atomic E-state index is 12.2. The Balaban J connectivity index is 1.80. The molecule has 0 atom stereocenters. The molecule has 0 saturated carbocycles. The van der Waals surface area contributed by atoms with Crippen molar-refractivity contribution in [3.8, 4) is 11.3 Å². The van der Waals surface area contributed by atoms with E-state index in [1.807, 2.05) is 16.8 Å². The molecule has 3 heterocycles. The van der Waals surface area contributed by atoms with Gasteiger partial charge in [0.2, 0.25) is 0 Å². The summed E-state index contributed by atoms with van der Waals surface area (Å²) in [5.74, 6) is -0.423. The van der Waals surface area contributed by atoms with E-state index in [1.54, 1.807) is 43.0 Å². The standard InChI is InChI=1S/C16H14N4O2S/c1-20-7-2-3-12(16(20)22)15(21)19-9-13-14(18-6-5-17-13)11-4-8-23-10-11/h2-8,10H,9H2,1H3,(H,19,21). The monoisotopic (exact) mass is 326 g/mol. The molecule has 3 rings (SSSR count). The molecule has 7 heteroatoms. The van der Waals surface area contributed by atoms with Gasteiger partial charge in [0.25, 0.3) is 11.5 Å². The summed E-state index contributed by atoms with van der Waals surface area (Å²) < 4.78 is 1.37. The lowest BCUT2D eigenvalue weighted by molar-refractivity contribution is 0.0948. The number of pyridine rings is 1. The van der Waals surface area contributed by atoms with E-state index < -0.39 is 5.91 Å². The van der Waals surface area contributed by atoms with Gasteiger partial charge in [-0.05, 0) is 23.6 Å².